The van der Waals surface area contributed by atoms with Crippen LogP contribution in [0, 0.1) is 13.8 Å². The van der Waals surface area contributed by atoms with Gasteiger partial charge in [0.2, 0.25) is 11.8 Å². The maximum absolute atomic E-state index is 13.3. The molecule has 0 saturated heterocycles. The summed E-state index contributed by atoms with van der Waals surface area (Å²) in [5, 5.41) is 5.52. The normalized spacial score (nSPS) is 15.1. The Hall–Kier alpha value is -2.57. The minimum absolute atomic E-state index is 0.0309. The fourth-order valence-electron chi connectivity index (χ4n) is 3.75. The van der Waals surface area contributed by atoms with Crippen LogP contribution in [-0.4, -0.2) is 47.0 Å². The Morgan fingerprint density at radius 2 is 1.68 bits per heavy atom. The zero-order chi connectivity index (χ0) is 23.3. The molecule has 3 amide bonds. The second kappa shape index (κ2) is 10.2. The third-order valence-corrected chi connectivity index (χ3v) is 5.06. The van der Waals surface area contributed by atoms with Crippen molar-refractivity contribution in [3.8, 4) is 0 Å². The van der Waals surface area contributed by atoms with Gasteiger partial charge in [0.1, 0.15) is 18.2 Å². The summed E-state index contributed by atoms with van der Waals surface area (Å²) in [5.41, 5.74) is 2.20. The van der Waals surface area contributed by atoms with Gasteiger partial charge in [0.15, 0.2) is 0 Å². The predicted molar refractivity (Wildman–Crippen MR) is 121 cm³/mol. The second-order valence-electron chi connectivity index (χ2n) is 9.73. The van der Waals surface area contributed by atoms with Gasteiger partial charge in [-0.2, -0.15) is 0 Å². The Kier molecular flexibility index (Phi) is 8.09. The summed E-state index contributed by atoms with van der Waals surface area (Å²) in [7, 11) is 0. The molecule has 0 aromatic heterocycles. The molecule has 1 unspecified atom stereocenters. The van der Waals surface area contributed by atoms with Crippen molar-refractivity contribution < 1.29 is 19.1 Å². The van der Waals surface area contributed by atoms with Gasteiger partial charge in [0.05, 0.1) is 0 Å². The van der Waals surface area contributed by atoms with Gasteiger partial charge in [-0.05, 0) is 73.3 Å². The summed E-state index contributed by atoms with van der Waals surface area (Å²) in [5.74, 6) is -0.504. The lowest BCUT2D eigenvalue weighted by molar-refractivity contribution is -0.145. The molecule has 31 heavy (non-hydrogen) atoms. The van der Waals surface area contributed by atoms with Gasteiger partial charge >= 0.3 is 6.09 Å². The summed E-state index contributed by atoms with van der Waals surface area (Å²) in [4.78, 5) is 40.3. The molecule has 172 valence electrons. The topological polar surface area (TPSA) is 87.7 Å². The van der Waals surface area contributed by atoms with E-state index in [0.29, 0.717) is 0 Å². The molecule has 0 spiro atoms. The highest BCUT2D eigenvalue weighted by molar-refractivity contribution is 5.91. The van der Waals surface area contributed by atoms with Crippen LogP contribution in [0.3, 0.4) is 0 Å². The van der Waals surface area contributed by atoms with Crippen molar-refractivity contribution >= 4 is 17.9 Å². The van der Waals surface area contributed by atoms with Crippen molar-refractivity contribution in [2.45, 2.75) is 91.5 Å². The van der Waals surface area contributed by atoms with Gasteiger partial charge in [-0.1, -0.05) is 29.3 Å². The number of ether oxygens (including phenoxy) is 1. The number of hydrogen-bond acceptors (Lipinski definition) is 4. The van der Waals surface area contributed by atoms with E-state index in [4.69, 9.17) is 4.74 Å². The molecule has 1 aromatic carbocycles. The zero-order valence-corrected chi connectivity index (χ0v) is 19.9. The maximum atomic E-state index is 13.3. The molecule has 1 saturated carbocycles. The lowest BCUT2D eigenvalue weighted by Gasteiger charge is -2.42. The number of carbonyl (C=O) groups is 3. The molecule has 0 heterocycles. The van der Waals surface area contributed by atoms with Crippen LogP contribution >= 0.6 is 0 Å². The molecule has 0 aliphatic heterocycles. The first-order valence-electron chi connectivity index (χ1n) is 11.0. The first-order chi connectivity index (χ1) is 14.4. The Balaban J connectivity index is 2.33. The smallest absolute Gasteiger partial charge is 0.408 e. The molecule has 7 nitrogen and oxygen atoms in total. The molecule has 7 heteroatoms. The summed E-state index contributed by atoms with van der Waals surface area (Å²) in [6, 6.07) is 5.12. The third kappa shape index (κ3) is 7.26. The summed E-state index contributed by atoms with van der Waals surface area (Å²) in [6.07, 6.45) is 2.05. The number of carbonyl (C=O) groups excluding carboxylic acids is 3. The second-order valence-corrected chi connectivity index (χ2v) is 9.73. The number of rotatable bonds is 7. The number of hydrogen-bond donors (Lipinski definition) is 2. The standard InChI is InChI=1S/C24H37N3O4/c1-15(2)26-22(29)21(18-12-16(3)11-17(4)13-18)27(19-9-8-10-19)20(28)14-25-23(30)31-24(5,6)7/h11-13,15,19,21H,8-10,14H2,1-7H3,(H,25,30)(H,26,29). The number of nitrogens with one attached hydrogen (secondary N) is 2. The van der Waals surface area contributed by atoms with Gasteiger partial charge < -0.3 is 20.3 Å². The summed E-state index contributed by atoms with van der Waals surface area (Å²) < 4.78 is 5.25. The molecule has 0 bridgehead atoms. The quantitative estimate of drug-likeness (QED) is 0.688. The number of amides is 3. The zero-order valence-electron chi connectivity index (χ0n) is 19.9. The van der Waals surface area contributed by atoms with E-state index in [1.54, 1.807) is 25.7 Å². The molecule has 1 aliphatic carbocycles. The van der Waals surface area contributed by atoms with Crippen molar-refractivity contribution in [1.29, 1.82) is 0 Å². The van der Waals surface area contributed by atoms with Crippen LogP contribution < -0.4 is 10.6 Å². The molecular weight excluding hydrogens is 394 g/mol. The van der Waals surface area contributed by atoms with Gasteiger partial charge in [0, 0.05) is 12.1 Å². The Morgan fingerprint density at radius 1 is 1.10 bits per heavy atom. The highest BCUT2D eigenvalue weighted by atomic mass is 16.6. The minimum atomic E-state index is -0.751. The number of nitrogens with zero attached hydrogens (tertiary/aromatic N) is 1. The van der Waals surface area contributed by atoms with E-state index in [-0.39, 0.29) is 30.4 Å². The highest BCUT2D eigenvalue weighted by Gasteiger charge is 2.39. The number of aryl methyl sites for hydroxylation is 2. The van der Waals surface area contributed by atoms with Crippen molar-refractivity contribution in [2.24, 2.45) is 0 Å². The highest BCUT2D eigenvalue weighted by Crippen LogP contribution is 2.33. The lowest BCUT2D eigenvalue weighted by atomic mass is 9.88. The van der Waals surface area contributed by atoms with E-state index >= 15 is 0 Å². The van der Waals surface area contributed by atoms with Crippen LogP contribution in [0.5, 0.6) is 0 Å². The largest absolute Gasteiger partial charge is 0.444 e. The minimum Gasteiger partial charge on any atom is -0.444 e. The van der Waals surface area contributed by atoms with Gasteiger partial charge in [0.25, 0.3) is 0 Å². The summed E-state index contributed by atoms with van der Waals surface area (Å²) in [6.45, 7) is 12.8. The van der Waals surface area contributed by atoms with Crippen molar-refractivity contribution in [2.75, 3.05) is 6.54 Å². The molecule has 1 aliphatic rings. The van der Waals surface area contributed by atoms with Crippen molar-refractivity contribution in [3.05, 3.63) is 34.9 Å². The fraction of sp³-hybridized carbons (Fsp3) is 0.625. The van der Waals surface area contributed by atoms with E-state index in [1.165, 1.54) is 0 Å². The van der Waals surface area contributed by atoms with Crippen molar-refractivity contribution in [3.63, 3.8) is 0 Å². The molecule has 1 fully saturated rings. The number of benzene rings is 1. The molecular formula is C24H37N3O4. The SMILES string of the molecule is Cc1cc(C)cc(C(C(=O)NC(C)C)N(C(=O)CNC(=O)OC(C)(C)C)C2CCC2)c1. The summed E-state index contributed by atoms with van der Waals surface area (Å²) >= 11 is 0. The van der Waals surface area contributed by atoms with Crippen LogP contribution in [0.15, 0.2) is 18.2 Å². The Bertz CT molecular complexity index is 789. The van der Waals surface area contributed by atoms with E-state index < -0.39 is 17.7 Å². The van der Waals surface area contributed by atoms with Crippen LogP contribution in [0.2, 0.25) is 0 Å². The first-order valence-corrected chi connectivity index (χ1v) is 11.0. The van der Waals surface area contributed by atoms with Gasteiger partial charge in [-0.3, -0.25) is 9.59 Å². The van der Waals surface area contributed by atoms with Crippen LogP contribution in [0.25, 0.3) is 0 Å². The maximum Gasteiger partial charge on any atom is 0.408 e. The van der Waals surface area contributed by atoms with E-state index in [2.05, 4.69) is 10.6 Å². The van der Waals surface area contributed by atoms with Crippen LogP contribution in [0.4, 0.5) is 4.79 Å². The van der Waals surface area contributed by atoms with Gasteiger partial charge in [-0.25, -0.2) is 4.79 Å². The average molecular weight is 432 g/mol. The molecule has 0 radical (unpaired) electrons. The Morgan fingerprint density at radius 3 is 2.13 bits per heavy atom. The molecule has 1 aromatic rings. The molecule has 2 rings (SSSR count). The van der Waals surface area contributed by atoms with Crippen LogP contribution in [0.1, 0.15) is 76.6 Å². The van der Waals surface area contributed by atoms with Crippen molar-refractivity contribution in [1.82, 2.24) is 15.5 Å². The lowest BCUT2D eigenvalue weighted by Crippen LogP contribution is -2.54. The van der Waals surface area contributed by atoms with E-state index in [0.717, 1.165) is 36.0 Å². The first kappa shape index (κ1) is 24.7. The van der Waals surface area contributed by atoms with Gasteiger partial charge in [-0.15, -0.1) is 0 Å². The van der Waals surface area contributed by atoms with Crippen LogP contribution in [-0.2, 0) is 14.3 Å². The third-order valence-electron chi connectivity index (χ3n) is 5.06. The molecule has 2 N–H and O–H groups in total. The monoisotopic (exact) mass is 431 g/mol. The fourth-order valence-corrected chi connectivity index (χ4v) is 3.75. The van der Waals surface area contributed by atoms with E-state index in [1.807, 2.05) is 45.9 Å². The Labute approximate surface area is 185 Å². The van der Waals surface area contributed by atoms with E-state index in [9.17, 15) is 14.4 Å². The number of alkyl carbamates (subject to hydrolysis) is 1. The predicted octanol–water partition coefficient (Wildman–Crippen LogP) is 3.77. The average Bonchev–Trinajstić information content (AvgIpc) is 2.54. The molecule has 1 atom stereocenters.